The lowest BCUT2D eigenvalue weighted by Gasteiger charge is -2.38. The molecule has 0 saturated carbocycles. The van der Waals surface area contributed by atoms with Crippen LogP contribution in [-0.4, -0.2) is 39.4 Å². The maximum atomic E-state index is 12.4. The van der Waals surface area contributed by atoms with Gasteiger partial charge in [0, 0.05) is 24.9 Å². The first-order valence-corrected chi connectivity index (χ1v) is 6.57. The standard InChI is InChI=1S/C14H14N2O4/c17-10-4-5-11-9(8-10)6-7-15(14(11)20)16-12(18)2-1-3-13(16)19/h4-5,8,17H,1-3,6-7H2. The van der Waals surface area contributed by atoms with Gasteiger partial charge in [-0.1, -0.05) is 0 Å². The first-order chi connectivity index (χ1) is 9.58. The molecule has 2 heterocycles. The lowest BCUT2D eigenvalue weighted by Crippen LogP contribution is -2.56. The van der Waals surface area contributed by atoms with Crippen LogP contribution in [0.2, 0.25) is 0 Å². The van der Waals surface area contributed by atoms with Crippen molar-refractivity contribution in [2.75, 3.05) is 6.54 Å². The van der Waals surface area contributed by atoms with Gasteiger partial charge in [-0.05, 0) is 36.6 Å². The largest absolute Gasteiger partial charge is 0.508 e. The van der Waals surface area contributed by atoms with E-state index in [-0.39, 0.29) is 42.9 Å². The van der Waals surface area contributed by atoms with E-state index in [1.165, 1.54) is 17.1 Å². The Hall–Kier alpha value is -2.37. The minimum absolute atomic E-state index is 0.107. The van der Waals surface area contributed by atoms with Gasteiger partial charge >= 0.3 is 0 Å². The van der Waals surface area contributed by atoms with Crippen molar-refractivity contribution in [3.05, 3.63) is 29.3 Å². The van der Waals surface area contributed by atoms with E-state index in [1.54, 1.807) is 6.07 Å². The summed E-state index contributed by atoms with van der Waals surface area (Å²) in [5.74, 6) is -0.904. The van der Waals surface area contributed by atoms with Crippen molar-refractivity contribution in [2.24, 2.45) is 0 Å². The van der Waals surface area contributed by atoms with E-state index in [9.17, 15) is 19.5 Å². The molecule has 20 heavy (non-hydrogen) atoms. The Labute approximate surface area is 115 Å². The number of hydrogen-bond donors (Lipinski definition) is 1. The van der Waals surface area contributed by atoms with Gasteiger partial charge in [-0.15, -0.1) is 0 Å². The third-order valence-corrected chi connectivity index (χ3v) is 3.64. The van der Waals surface area contributed by atoms with Crippen molar-refractivity contribution in [2.45, 2.75) is 25.7 Å². The predicted octanol–water partition coefficient (Wildman–Crippen LogP) is 0.845. The quantitative estimate of drug-likeness (QED) is 0.770. The Morgan fingerprint density at radius 1 is 1.00 bits per heavy atom. The van der Waals surface area contributed by atoms with Gasteiger partial charge in [0.25, 0.3) is 5.91 Å². The highest BCUT2D eigenvalue weighted by Crippen LogP contribution is 2.26. The SMILES string of the molecule is O=C1c2ccc(O)cc2CCN1N1C(=O)CCCC1=O. The maximum absolute atomic E-state index is 12.4. The first-order valence-electron chi connectivity index (χ1n) is 6.57. The number of rotatable bonds is 1. The van der Waals surface area contributed by atoms with Crippen LogP contribution in [0.15, 0.2) is 18.2 Å². The number of nitrogens with zero attached hydrogens (tertiary/aromatic N) is 2. The van der Waals surface area contributed by atoms with Crippen LogP contribution in [0.1, 0.15) is 35.2 Å². The molecule has 1 saturated heterocycles. The third-order valence-electron chi connectivity index (χ3n) is 3.64. The van der Waals surface area contributed by atoms with Gasteiger partial charge in [0.2, 0.25) is 11.8 Å². The summed E-state index contributed by atoms with van der Waals surface area (Å²) in [6.07, 6.45) is 1.63. The molecule has 3 rings (SSSR count). The maximum Gasteiger partial charge on any atom is 0.273 e. The fourth-order valence-electron chi connectivity index (χ4n) is 2.66. The zero-order valence-corrected chi connectivity index (χ0v) is 10.8. The molecule has 0 bridgehead atoms. The van der Waals surface area contributed by atoms with E-state index >= 15 is 0 Å². The molecule has 104 valence electrons. The van der Waals surface area contributed by atoms with Crippen LogP contribution in [0.3, 0.4) is 0 Å². The van der Waals surface area contributed by atoms with Crippen molar-refractivity contribution in [1.82, 2.24) is 10.0 Å². The van der Waals surface area contributed by atoms with E-state index in [1.807, 2.05) is 0 Å². The Morgan fingerprint density at radius 2 is 1.70 bits per heavy atom. The molecule has 0 aromatic heterocycles. The first kappa shape index (κ1) is 12.7. The summed E-state index contributed by atoms with van der Waals surface area (Å²) in [6.45, 7) is 0.271. The second-order valence-corrected chi connectivity index (χ2v) is 4.97. The molecule has 0 spiro atoms. The number of amides is 3. The van der Waals surface area contributed by atoms with Gasteiger partial charge in [-0.3, -0.25) is 14.4 Å². The van der Waals surface area contributed by atoms with E-state index < -0.39 is 0 Å². The molecule has 0 unspecified atom stereocenters. The molecular formula is C14H14N2O4. The van der Waals surface area contributed by atoms with Crippen molar-refractivity contribution >= 4 is 17.7 Å². The summed E-state index contributed by atoms with van der Waals surface area (Å²) in [5.41, 5.74) is 1.17. The molecule has 1 aromatic rings. The molecular weight excluding hydrogens is 260 g/mol. The molecule has 2 aliphatic heterocycles. The van der Waals surface area contributed by atoms with Crippen LogP contribution in [0.4, 0.5) is 0 Å². The molecule has 0 radical (unpaired) electrons. The average Bonchev–Trinajstić information content (AvgIpc) is 2.41. The normalized spacial score (nSPS) is 19.3. The monoisotopic (exact) mass is 274 g/mol. The van der Waals surface area contributed by atoms with E-state index in [4.69, 9.17) is 0 Å². The number of phenols is 1. The highest BCUT2D eigenvalue weighted by atomic mass is 16.3. The summed E-state index contributed by atoms with van der Waals surface area (Å²) < 4.78 is 0. The van der Waals surface area contributed by atoms with Crippen molar-refractivity contribution in [1.29, 1.82) is 0 Å². The zero-order chi connectivity index (χ0) is 14.3. The fraction of sp³-hybridized carbons (Fsp3) is 0.357. The number of fused-ring (bicyclic) bond motifs is 1. The Morgan fingerprint density at radius 3 is 2.40 bits per heavy atom. The van der Waals surface area contributed by atoms with Crippen LogP contribution in [0.5, 0.6) is 5.75 Å². The van der Waals surface area contributed by atoms with E-state index in [0.717, 1.165) is 10.6 Å². The number of hydrazine groups is 1. The molecule has 1 fully saturated rings. The zero-order valence-electron chi connectivity index (χ0n) is 10.8. The third kappa shape index (κ3) is 1.93. The minimum atomic E-state index is -0.366. The van der Waals surface area contributed by atoms with Gasteiger partial charge in [-0.25, -0.2) is 5.01 Å². The summed E-state index contributed by atoms with van der Waals surface area (Å²) in [4.78, 5) is 36.2. The Bertz CT molecular complexity index is 595. The highest BCUT2D eigenvalue weighted by molar-refractivity contribution is 6.03. The number of carbonyl (C=O) groups is 3. The second kappa shape index (κ2) is 4.63. The number of carbonyl (C=O) groups excluding carboxylic acids is 3. The van der Waals surface area contributed by atoms with Crippen LogP contribution < -0.4 is 0 Å². The summed E-state index contributed by atoms with van der Waals surface area (Å²) in [7, 11) is 0. The predicted molar refractivity (Wildman–Crippen MR) is 68.6 cm³/mol. The number of phenolic OH excluding ortho intramolecular Hbond substituents is 1. The van der Waals surface area contributed by atoms with Gasteiger partial charge in [0.15, 0.2) is 0 Å². The summed E-state index contributed by atoms with van der Waals surface area (Å²) >= 11 is 0. The molecule has 0 aliphatic carbocycles. The lowest BCUT2D eigenvalue weighted by molar-refractivity contribution is -0.163. The second-order valence-electron chi connectivity index (χ2n) is 4.97. The average molecular weight is 274 g/mol. The van der Waals surface area contributed by atoms with Crippen LogP contribution in [0, 0.1) is 0 Å². The van der Waals surface area contributed by atoms with Gasteiger partial charge in [0.1, 0.15) is 5.75 Å². The van der Waals surface area contributed by atoms with E-state index in [2.05, 4.69) is 0 Å². The van der Waals surface area contributed by atoms with Gasteiger partial charge in [0.05, 0.1) is 0 Å². The Kier molecular flexibility index (Phi) is 2.93. The molecule has 1 N–H and O–H groups in total. The molecule has 1 aromatic carbocycles. The summed E-state index contributed by atoms with van der Waals surface area (Å²) in [5, 5.41) is 11.6. The molecule has 0 atom stereocenters. The molecule has 6 heteroatoms. The highest BCUT2D eigenvalue weighted by Gasteiger charge is 2.37. The van der Waals surface area contributed by atoms with Crippen molar-refractivity contribution in [3.63, 3.8) is 0 Å². The van der Waals surface area contributed by atoms with Crippen LogP contribution in [-0.2, 0) is 16.0 Å². The lowest BCUT2D eigenvalue weighted by atomic mass is 9.99. The van der Waals surface area contributed by atoms with E-state index in [0.29, 0.717) is 18.4 Å². The number of benzene rings is 1. The van der Waals surface area contributed by atoms with Crippen molar-refractivity contribution in [3.8, 4) is 5.75 Å². The van der Waals surface area contributed by atoms with Crippen LogP contribution >= 0.6 is 0 Å². The number of imide groups is 1. The Balaban J connectivity index is 1.93. The molecule has 6 nitrogen and oxygen atoms in total. The minimum Gasteiger partial charge on any atom is -0.508 e. The smallest absolute Gasteiger partial charge is 0.273 e. The number of hydrogen-bond acceptors (Lipinski definition) is 4. The molecule has 2 aliphatic rings. The van der Waals surface area contributed by atoms with Crippen LogP contribution in [0.25, 0.3) is 0 Å². The van der Waals surface area contributed by atoms with Crippen molar-refractivity contribution < 1.29 is 19.5 Å². The topological polar surface area (TPSA) is 77.9 Å². The fourth-order valence-corrected chi connectivity index (χ4v) is 2.66. The number of piperidine rings is 1. The molecule has 3 amide bonds. The van der Waals surface area contributed by atoms with Gasteiger partial charge < -0.3 is 5.11 Å². The summed E-state index contributed by atoms with van der Waals surface area (Å²) in [6, 6.07) is 4.50. The number of aromatic hydroxyl groups is 1. The van der Waals surface area contributed by atoms with Gasteiger partial charge in [-0.2, -0.15) is 5.01 Å².